The first-order chi connectivity index (χ1) is 16.1. The molecule has 2 aromatic carbocycles. The van der Waals surface area contributed by atoms with E-state index in [4.69, 9.17) is 23.2 Å². The van der Waals surface area contributed by atoms with Crippen LogP contribution in [-0.4, -0.2) is 50.5 Å². The molecule has 0 heterocycles. The minimum atomic E-state index is -3.66. The molecule has 2 rings (SSSR count). The first-order valence-corrected chi connectivity index (χ1v) is 13.7. The van der Waals surface area contributed by atoms with E-state index in [0.29, 0.717) is 18.0 Å². The number of nitrogens with zero attached hydrogens (tertiary/aromatic N) is 2. The van der Waals surface area contributed by atoms with E-state index in [0.717, 1.165) is 16.1 Å². The molecule has 2 aromatic rings. The van der Waals surface area contributed by atoms with Crippen LogP contribution in [-0.2, 0) is 26.2 Å². The number of amides is 2. The van der Waals surface area contributed by atoms with Gasteiger partial charge in [-0.3, -0.25) is 13.9 Å². The summed E-state index contributed by atoms with van der Waals surface area (Å²) in [7, 11) is -3.66. The Morgan fingerprint density at radius 1 is 1.06 bits per heavy atom. The van der Waals surface area contributed by atoms with E-state index >= 15 is 0 Å². The quantitative estimate of drug-likeness (QED) is 0.440. The lowest BCUT2D eigenvalue weighted by atomic mass is 10.1. The number of anilines is 1. The third kappa shape index (κ3) is 7.89. The van der Waals surface area contributed by atoms with E-state index in [2.05, 4.69) is 5.32 Å². The van der Waals surface area contributed by atoms with Crippen molar-refractivity contribution in [1.29, 1.82) is 0 Å². The molecule has 1 N–H and O–H groups in total. The summed E-state index contributed by atoms with van der Waals surface area (Å²) in [6.45, 7) is 4.48. The van der Waals surface area contributed by atoms with Crippen LogP contribution in [0.3, 0.4) is 0 Å². The number of hydrogen-bond donors (Lipinski definition) is 1. The summed E-state index contributed by atoms with van der Waals surface area (Å²) in [5.74, 6) is -0.439. The lowest BCUT2D eigenvalue weighted by Gasteiger charge is -2.31. The highest BCUT2D eigenvalue weighted by molar-refractivity contribution is 7.92. The van der Waals surface area contributed by atoms with Gasteiger partial charge >= 0.3 is 0 Å². The van der Waals surface area contributed by atoms with E-state index in [-0.39, 0.29) is 48.5 Å². The Labute approximate surface area is 212 Å². The fourth-order valence-electron chi connectivity index (χ4n) is 3.65. The number of rotatable bonds is 12. The van der Waals surface area contributed by atoms with Crippen LogP contribution >= 0.6 is 23.2 Å². The van der Waals surface area contributed by atoms with E-state index < -0.39 is 16.1 Å². The van der Waals surface area contributed by atoms with Gasteiger partial charge in [0.05, 0.1) is 17.0 Å². The Kier molecular flexibility index (Phi) is 10.7. The van der Waals surface area contributed by atoms with Gasteiger partial charge in [-0.25, -0.2) is 8.42 Å². The number of likely N-dealkylation sites (N-methyl/N-ethyl adjacent to an activating group) is 1. The van der Waals surface area contributed by atoms with Gasteiger partial charge in [-0.1, -0.05) is 60.5 Å². The molecule has 0 aromatic heterocycles. The molecular formula is C24H31Cl2N3O4S. The Bertz CT molecular complexity index is 1080. The normalized spacial score (nSPS) is 12.1. The second-order valence-electron chi connectivity index (χ2n) is 7.86. The highest BCUT2D eigenvalue weighted by atomic mass is 35.5. The Morgan fingerprint density at radius 3 is 2.32 bits per heavy atom. The van der Waals surface area contributed by atoms with Crippen molar-refractivity contribution in [2.45, 2.75) is 45.7 Å². The van der Waals surface area contributed by atoms with Gasteiger partial charge in [0.1, 0.15) is 6.04 Å². The van der Waals surface area contributed by atoms with Gasteiger partial charge in [-0.2, -0.15) is 0 Å². The van der Waals surface area contributed by atoms with E-state index in [1.165, 1.54) is 12.1 Å². The maximum Gasteiger partial charge on any atom is 0.242 e. The fourth-order valence-corrected chi connectivity index (χ4v) is 5.06. The molecule has 1 atom stereocenters. The summed E-state index contributed by atoms with van der Waals surface area (Å²) in [6.07, 6.45) is 1.84. The van der Waals surface area contributed by atoms with E-state index in [1.54, 1.807) is 11.0 Å². The number of nitrogens with one attached hydrogen (secondary N) is 1. The molecular weight excluding hydrogens is 497 g/mol. The molecule has 0 bridgehead atoms. The van der Waals surface area contributed by atoms with Gasteiger partial charge in [0.15, 0.2) is 0 Å². The van der Waals surface area contributed by atoms with Gasteiger partial charge in [0, 0.05) is 31.1 Å². The van der Waals surface area contributed by atoms with Crippen molar-refractivity contribution in [1.82, 2.24) is 10.2 Å². The zero-order chi connectivity index (χ0) is 25.3. The maximum absolute atomic E-state index is 13.3. The van der Waals surface area contributed by atoms with Gasteiger partial charge in [-0.05, 0) is 43.5 Å². The molecule has 0 spiro atoms. The van der Waals surface area contributed by atoms with Crippen molar-refractivity contribution >= 4 is 50.7 Å². The lowest BCUT2D eigenvalue weighted by Crippen LogP contribution is -2.49. The molecule has 0 aliphatic heterocycles. The van der Waals surface area contributed by atoms with Gasteiger partial charge in [0.2, 0.25) is 21.8 Å². The van der Waals surface area contributed by atoms with Crippen LogP contribution in [0.5, 0.6) is 0 Å². The average Bonchev–Trinajstić information content (AvgIpc) is 2.78. The van der Waals surface area contributed by atoms with Gasteiger partial charge in [0.25, 0.3) is 0 Å². The molecule has 0 aliphatic rings. The summed E-state index contributed by atoms with van der Waals surface area (Å²) in [5.41, 5.74) is 1.17. The molecule has 34 heavy (non-hydrogen) atoms. The van der Waals surface area contributed by atoms with Crippen LogP contribution in [0.15, 0.2) is 48.5 Å². The number of hydrogen-bond acceptors (Lipinski definition) is 4. The van der Waals surface area contributed by atoms with Gasteiger partial charge in [-0.15, -0.1) is 0 Å². The zero-order valence-corrected chi connectivity index (χ0v) is 22.0. The third-order valence-electron chi connectivity index (χ3n) is 5.26. The summed E-state index contributed by atoms with van der Waals surface area (Å²) in [5, 5.41) is 3.39. The smallest absolute Gasteiger partial charge is 0.242 e. The molecule has 7 nitrogen and oxygen atoms in total. The summed E-state index contributed by atoms with van der Waals surface area (Å²) in [4.78, 5) is 27.5. The molecule has 186 valence electrons. The van der Waals surface area contributed by atoms with Crippen molar-refractivity contribution < 1.29 is 18.0 Å². The highest BCUT2D eigenvalue weighted by Gasteiger charge is 2.28. The summed E-state index contributed by atoms with van der Waals surface area (Å²) >= 11 is 12.3. The second-order valence-corrected chi connectivity index (χ2v) is 10.6. The van der Waals surface area contributed by atoms with Crippen LogP contribution in [0.1, 0.15) is 38.7 Å². The fraction of sp³-hybridized carbons (Fsp3) is 0.417. The number of benzene rings is 2. The van der Waals surface area contributed by atoms with Crippen LogP contribution in [0.25, 0.3) is 0 Å². The highest BCUT2D eigenvalue weighted by Crippen LogP contribution is 2.31. The first kappa shape index (κ1) is 28.0. The predicted octanol–water partition coefficient (Wildman–Crippen LogP) is 4.48. The Morgan fingerprint density at radius 2 is 1.74 bits per heavy atom. The predicted molar refractivity (Wildman–Crippen MR) is 138 cm³/mol. The molecule has 0 aliphatic carbocycles. The Balaban J connectivity index is 2.21. The first-order valence-electron chi connectivity index (χ1n) is 11.1. The van der Waals surface area contributed by atoms with Crippen molar-refractivity contribution in [3.63, 3.8) is 0 Å². The number of sulfonamides is 1. The van der Waals surface area contributed by atoms with Crippen molar-refractivity contribution in [2.24, 2.45) is 0 Å². The van der Waals surface area contributed by atoms with Crippen LogP contribution < -0.4 is 9.62 Å². The second kappa shape index (κ2) is 13.0. The van der Waals surface area contributed by atoms with E-state index in [9.17, 15) is 18.0 Å². The maximum atomic E-state index is 13.3. The van der Waals surface area contributed by atoms with Crippen molar-refractivity contribution in [2.75, 3.05) is 23.7 Å². The van der Waals surface area contributed by atoms with Crippen LogP contribution in [0.4, 0.5) is 5.69 Å². The van der Waals surface area contributed by atoms with Crippen LogP contribution in [0.2, 0.25) is 10.0 Å². The minimum Gasteiger partial charge on any atom is -0.355 e. The van der Waals surface area contributed by atoms with Crippen molar-refractivity contribution in [3.8, 4) is 0 Å². The molecule has 10 heteroatoms. The number of carbonyl (C=O) groups excluding carboxylic acids is 2. The topological polar surface area (TPSA) is 86.8 Å². The van der Waals surface area contributed by atoms with Gasteiger partial charge < -0.3 is 10.2 Å². The average molecular weight is 529 g/mol. The number of carbonyl (C=O) groups is 2. The molecule has 0 fully saturated rings. The standard InChI is InChI=1S/C24H31Cl2N3O4S/c1-4-21(24(31)27-5-2)28(17-18-10-7-6-8-11-18)23(30)12-9-15-29(34(3,32)33)22-16-19(25)13-14-20(22)26/h6-8,10-11,13-14,16,21H,4-5,9,12,15,17H2,1-3H3,(H,27,31)/t21-/m0/s1. The summed E-state index contributed by atoms with van der Waals surface area (Å²) in [6, 6.07) is 13.4. The van der Waals surface area contributed by atoms with Crippen LogP contribution in [0, 0.1) is 0 Å². The molecule has 0 radical (unpaired) electrons. The monoisotopic (exact) mass is 527 g/mol. The summed E-state index contributed by atoms with van der Waals surface area (Å²) < 4.78 is 26.0. The largest absolute Gasteiger partial charge is 0.355 e. The number of halogens is 2. The lowest BCUT2D eigenvalue weighted by molar-refractivity contribution is -0.141. The van der Waals surface area contributed by atoms with E-state index in [1.807, 2.05) is 44.2 Å². The minimum absolute atomic E-state index is 0.0434. The molecule has 0 saturated heterocycles. The zero-order valence-electron chi connectivity index (χ0n) is 19.6. The third-order valence-corrected chi connectivity index (χ3v) is 7.00. The SMILES string of the molecule is CCNC(=O)[C@H](CC)N(Cc1ccccc1)C(=O)CCCN(c1cc(Cl)ccc1Cl)S(C)(=O)=O. The molecule has 0 saturated carbocycles. The Hall–Kier alpha value is -2.29. The molecule has 2 amide bonds. The molecule has 0 unspecified atom stereocenters. The van der Waals surface area contributed by atoms with Crippen molar-refractivity contribution in [3.05, 3.63) is 64.1 Å².